The molecule has 0 aromatic heterocycles. The predicted octanol–water partition coefficient (Wildman–Crippen LogP) is 13.3. The molecule has 3 aliphatic heterocycles. The summed E-state index contributed by atoms with van der Waals surface area (Å²) in [6.07, 6.45) is 49.6. The number of rotatable bonds is 64. The molecule has 3 saturated heterocycles. The highest BCUT2D eigenvalue weighted by Gasteiger charge is 2.54. The van der Waals surface area contributed by atoms with Gasteiger partial charge in [0.15, 0.2) is 18.9 Å². The fourth-order valence-electron chi connectivity index (χ4n) is 13.6. The minimum absolute atomic E-state index is 0.234. The van der Waals surface area contributed by atoms with E-state index in [-0.39, 0.29) is 18.9 Å². The number of ether oxygens (including phenoxy) is 6. The zero-order chi connectivity index (χ0) is 71.8. The van der Waals surface area contributed by atoms with Crippen molar-refractivity contribution in [3.63, 3.8) is 0 Å². The van der Waals surface area contributed by atoms with E-state index < -0.39 is 124 Å². The average molecular weight is 1410 g/mol. The minimum Gasteiger partial charge on any atom is -0.394 e. The van der Waals surface area contributed by atoms with Crippen molar-refractivity contribution in [2.24, 2.45) is 0 Å². The van der Waals surface area contributed by atoms with Crippen molar-refractivity contribution in [3.8, 4) is 0 Å². The number of allylic oxidation sites excluding steroid dienone is 7. The Morgan fingerprint density at radius 3 is 1.01 bits per heavy atom. The van der Waals surface area contributed by atoms with Crippen LogP contribution >= 0.6 is 0 Å². The molecule has 0 saturated carbocycles. The third-order valence-corrected chi connectivity index (χ3v) is 20.1. The molecule has 3 heterocycles. The first-order chi connectivity index (χ1) is 48.3. The van der Waals surface area contributed by atoms with Crippen LogP contribution in [0.3, 0.4) is 0 Å². The molecule has 0 spiro atoms. The van der Waals surface area contributed by atoms with E-state index in [2.05, 4.69) is 55.6 Å². The Hall–Kier alpha value is -2.25. The molecule has 17 unspecified atom stereocenters. The number of unbranched alkanes of at least 4 members (excludes halogenated alkanes) is 42. The molecule has 19 heteroatoms. The number of hydrogen-bond acceptors (Lipinski definition) is 18. The highest BCUT2D eigenvalue weighted by Crippen LogP contribution is 2.33. The van der Waals surface area contributed by atoms with Crippen LogP contribution in [0.5, 0.6) is 0 Å². The Kier molecular flexibility index (Phi) is 56.0. The highest BCUT2D eigenvalue weighted by molar-refractivity contribution is 5.76. The van der Waals surface area contributed by atoms with E-state index in [1.165, 1.54) is 244 Å². The van der Waals surface area contributed by atoms with Crippen molar-refractivity contribution in [3.05, 3.63) is 48.6 Å². The maximum atomic E-state index is 13.5. The van der Waals surface area contributed by atoms with Crippen molar-refractivity contribution >= 4 is 5.91 Å². The van der Waals surface area contributed by atoms with Gasteiger partial charge >= 0.3 is 0 Å². The molecule has 0 aliphatic carbocycles. The summed E-state index contributed by atoms with van der Waals surface area (Å²) in [6, 6.07) is -0.998. The molecular formula is C80H147NO18. The van der Waals surface area contributed by atoms with Crippen LogP contribution < -0.4 is 5.32 Å². The van der Waals surface area contributed by atoms with Gasteiger partial charge in [0.05, 0.1) is 38.6 Å². The molecular weight excluding hydrogens is 1260 g/mol. The molecule has 0 bridgehead atoms. The molecule has 3 aliphatic rings. The van der Waals surface area contributed by atoms with E-state index in [1.54, 1.807) is 6.08 Å². The van der Waals surface area contributed by atoms with Crippen LogP contribution in [0.25, 0.3) is 0 Å². The van der Waals surface area contributed by atoms with Crippen LogP contribution in [0.2, 0.25) is 0 Å². The molecule has 19 nitrogen and oxygen atoms in total. The second-order valence-corrected chi connectivity index (χ2v) is 28.9. The Bertz CT molecular complexity index is 1980. The van der Waals surface area contributed by atoms with Crippen LogP contribution in [0.15, 0.2) is 48.6 Å². The first-order valence-electron chi connectivity index (χ1n) is 40.4. The summed E-state index contributed by atoms with van der Waals surface area (Å²) in [6.45, 7) is 1.75. The van der Waals surface area contributed by atoms with Gasteiger partial charge < -0.3 is 89.9 Å². The standard InChI is InChI=1S/C80H147NO18/c1-3-5-7-9-11-13-15-17-19-21-23-25-27-29-30-31-32-34-36-38-40-42-44-46-48-50-52-54-56-58-68(86)81-63(64(85)57-55-53-51-49-47-45-43-41-39-37-35-33-28-26-24-22-20-18-16-14-12-10-8-6-4-2)62-94-78-74(92)71(89)76(66(60-83)96-78)99-80-75(93)72(90)77(67(61-84)97-80)98-79-73(91)70(88)69(87)65(59-82)95-79/h21,23,39,41,47,49,55,57,63-67,69-80,82-85,87-93H,3-20,22,24-38,40,42-46,48,50-54,56,58-62H2,1-2H3,(H,81,86)/b23-21-,41-39+,49-47+,57-55+. The van der Waals surface area contributed by atoms with E-state index in [9.17, 15) is 61.0 Å². The van der Waals surface area contributed by atoms with Crippen LogP contribution in [0, 0.1) is 0 Å². The Morgan fingerprint density at radius 1 is 0.354 bits per heavy atom. The third kappa shape index (κ3) is 41.3. The number of nitrogens with one attached hydrogen (secondary N) is 1. The number of carbonyl (C=O) groups excluding carboxylic acids is 1. The summed E-state index contributed by atoms with van der Waals surface area (Å²) in [5, 5.41) is 121. The number of hydrogen-bond donors (Lipinski definition) is 12. The zero-order valence-corrected chi connectivity index (χ0v) is 62.0. The van der Waals surface area contributed by atoms with Crippen LogP contribution in [-0.2, 0) is 33.2 Å². The smallest absolute Gasteiger partial charge is 0.220 e. The minimum atomic E-state index is -1.98. The average Bonchev–Trinajstić information content (AvgIpc) is 0.785. The van der Waals surface area contributed by atoms with Gasteiger partial charge in [-0.1, -0.05) is 294 Å². The summed E-state index contributed by atoms with van der Waals surface area (Å²) in [7, 11) is 0. The van der Waals surface area contributed by atoms with Gasteiger partial charge in [0.2, 0.25) is 5.91 Å². The highest BCUT2D eigenvalue weighted by atomic mass is 16.8. The molecule has 17 atom stereocenters. The lowest BCUT2D eigenvalue weighted by Gasteiger charge is -2.48. The number of amides is 1. The van der Waals surface area contributed by atoms with Gasteiger partial charge in [-0.2, -0.15) is 0 Å². The monoisotopic (exact) mass is 1410 g/mol. The maximum Gasteiger partial charge on any atom is 0.220 e. The largest absolute Gasteiger partial charge is 0.394 e. The normalized spacial score (nSPS) is 26.8. The van der Waals surface area contributed by atoms with Crippen LogP contribution in [0.4, 0.5) is 0 Å². The molecule has 12 N–H and O–H groups in total. The number of aliphatic hydroxyl groups excluding tert-OH is 11. The van der Waals surface area contributed by atoms with Gasteiger partial charge in [0, 0.05) is 6.42 Å². The first-order valence-corrected chi connectivity index (χ1v) is 40.4. The fraction of sp³-hybridized carbons (Fsp3) is 0.887. The van der Waals surface area contributed by atoms with Gasteiger partial charge in [-0.15, -0.1) is 0 Å². The van der Waals surface area contributed by atoms with E-state index in [0.29, 0.717) is 12.8 Å². The first kappa shape index (κ1) is 91.0. The predicted molar refractivity (Wildman–Crippen MR) is 392 cm³/mol. The lowest BCUT2D eigenvalue weighted by atomic mass is 9.96. The quantitative estimate of drug-likeness (QED) is 0.0199. The molecule has 99 heavy (non-hydrogen) atoms. The van der Waals surface area contributed by atoms with Crippen LogP contribution in [0.1, 0.15) is 322 Å². The van der Waals surface area contributed by atoms with E-state index in [4.69, 9.17) is 28.4 Å². The van der Waals surface area contributed by atoms with Gasteiger partial charge in [-0.3, -0.25) is 4.79 Å². The maximum absolute atomic E-state index is 13.5. The second kappa shape index (κ2) is 61.0. The lowest BCUT2D eigenvalue weighted by molar-refractivity contribution is -0.379. The van der Waals surface area contributed by atoms with Crippen molar-refractivity contribution < 1.29 is 89.4 Å². The molecule has 0 radical (unpaired) electrons. The van der Waals surface area contributed by atoms with Crippen LogP contribution in [-0.4, -0.2) is 193 Å². The van der Waals surface area contributed by atoms with E-state index >= 15 is 0 Å². The molecule has 580 valence electrons. The zero-order valence-electron chi connectivity index (χ0n) is 62.0. The summed E-state index contributed by atoms with van der Waals surface area (Å²) >= 11 is 0. The van der Waals surface area contributed by atoms with E-state index in [1.807, 2.05) is 6.08 Å². The summed E-state index contributed by atoms with van der Waals surface area (Å²) in [5.74, 6) is -0.285. The molecule has 3 fully saturated rings. The lowest BCUT2D eigenvalue weighted by Crippen LogP contribution is -2.66. The fourth-order valence-corrected chi connectivity index (χ4v) is 13.6. The number of carbonyl (C=O) groups is 1. The van der Waals surface area contributed by atoms with Gasteiger partial charge in [0.25, 0.3) is 0 Å². The molecule has 0 aromatic carbocycles. The second-order valence-electron chi connectivity index (χ2n) is 28.9. The van der Waals surface area contributed by atoms with Crippen molar-refractivity contribution in [1.82, 2.24) is 5.32 Å². The topological polar surface area (TPSA) is 307 Å². The SMILES string of the molecule is CCCCCCCCCC/C=C\CCCCCCCCCCCCCCCCCCCC(=O)NC(COC1OC(CO)C(OC2OC(CO)C(OC3OC(CO)C(O)C(O)C3O)C(O)C2O)C(O)C1O)C(O)/C=C/CC/C=C/CC/C=C/CCCCCCCCCCCCCCCCC. The van der Waals surface area contributed by atoms with Crippen molar-refractivity contribution in [1.29, 1.82) is 0 Å². The summed E-state index contributed by atoms with van der Waals surface area (Å²) in [4.78, 5) is 13.5. The van der Waals surface area contributed by atoms with Gasteiger partial charge in [0.1, 0.15) is 73.2 Å². The Labute approximate surface area is 599 Å². The third-order valence-electron chi connectivity index (χ3n) is 20.1. The van der Waals surface area contributed by atoms with Crippen molar-refractivity contribution in [2.75, 3.05) is 26.4 Å². The summed E-state index contributed by atoms with van der Waals surface area (Å²) < 4.78 is 34.4. The molecule has 3 rings (SSSR count). The summed E-state index contributed by atoms with van der Waals surface area (Å²) in [5.41, 5.74) is 0. The van der Waals surface area contributed by atoms with E-state index in [0.717, 1.165) is 44.9 Å². The molecule has 1 amide bonds. The number of aliphatic hydroxyl groups is 11. The van der Waals surface area contributed by atoms with Gasteiger partial charge in [-0.05, 0) is 70.6 Å². The van der Waals surface area contributed by atoms with Crippen molar-refractivity contribution in [2.45, 2.75) is 426 Å². The Morgan fingerprint density at radius 2 is 0.646 bits per heavy atom. The van der Waals surface area contributed by atoms with Gasteiger partial charge in [-0.25, -0.2) is 0 Å². The molecule has 0 aromatic rings. The Balaban J connectivity index is 1.39.